The van der Waals surface area contributed by atoms with Gasteiger partial charge in [-0.1, -0.05) is 71.5 Å². The van der Waals surface area contributed by atoms with E-state index in [9.17, 15) is 0 Å². The fourth-order valence-electron chi connectivity index (χ4n) is 2.65. The Morgan fingerprint density at radius 1 is 1.04 bits per heavy atom. The molecular formula is C18H16ClN5S. The monoisotopic (exact) mass is 369 g/mol. The van der Waals surface area contributed by atoms with Gasteiger partial charge in [0, 0.05) is 23.7 Å². The van der Waals surface area contributed by atoms with E-state index in [1.54, 1.807) is 0 Å². The van der Waals surface area contributed by atoms with E-state index in [2.05, 4.69) is 25.4 Å². The molecule has 0 unspecified atom stereocenters. The summed E-state index contributed by atoms with van der Waals surface area (Å²) in [5, 5.41) is 14.2. The lowest BCUT2D eigenvalue weighted by Gasteiger charge is -2.20. The second-order valence-corrected chi connectivity index (χ2v) is 7.01. The molecule has 3 aromatic rings. The summed E-state index contributed by atoms with van der Waals surface area (Å²) in [6, 6.07) is 17.9. The normalized spacial score (nSPS) is 13.8. The van der Waals surface area contributed by atoms with E-state index < -0.39 is 0 Å². The number of rotatable bonds is 4. The quantitative estimate of drug-likeness (QED) is 0.750. The number of anilines is 1. The summed E-state index contributed by atoms with van der Waals surface area (Å²) in [6.07, 6.45) is 0. The van der Waals surface area contributed by atoms with Crippen LogP contribution in [0, 0.1) is 0 Å². The number of aliphatic imine (C=N–C) groups is 1. The second kappa shape index (κ2) is 7.21. The van der Waals surface area contributed by atoms with Crippen LogP contribution in [0.4, 0.5) is 5.13 Å². The minimum absolute atomic E-state index is 0.718. The van der Waals surface area contributed by atoms with Crippen molar-refractivity contribution in [1.29, 1.82) is 0 Å². The summed E-state index contributed by atoms with van der Waals surface area (Å²) in [5.74, 6) is 0.815. The molecule has 4 rings (SSSR count). The average molecular weight is 370 g/mol. The van der Waals surface area contributed by atoms with Crippen molar-refractivity contribution in [2.75, 3.05) is 18.4 Å². The number of nitrogens with zero attached hydrogens (tertiary/aromatic N) is 4. The van der Waals surface area contributed by atoms with E-state index in [0.29, 0.717) is 0 Å². The van der Waals surface area contributed by atoms with Gasteiger partial charge >= 0.3 is 0 Å². The standard InChI is InChI=1S/C18H16ClN5S/c19-15-9-5-4-8-14(15)12-24-11-10-20-17(24)21-18-23-22-16(25-18)13-6-2-1-3-7-13/h1-9H,10-12H2,(H,20,21,23). The van der Waals surface area contributed by atoms with E-state index in [1.807, 2.05) is 54.6 Å². The molecule has 1 aromatic heterocycles. The first kappa shape index (κ1) is 16.1. The van der Waals surface area contributed by atoms with Crippen molar-refractivity contribution in [3.8, 4) is 10.6 Å². The summed E-state index contributed by atoms with van der Waals surface area (Å²) in [6.45, 7) is 2.34. The number of hydrogen-bond donors (Lipinski definition) is 1. The lowest BCUT2D eigenvalue weighted by Crippen LogP contribution is -2.32. The van der Waals surface area contributed by atoms with Crippen molar-refractivity contribution in [3.63, 3.8) is 0 Å². The molecule has 126 valence electrons. The molecule has 0 saturated heterocycles. The molecule has 0 spiro atoms. The summed E-state index contributed by atoms with van der Waals surface area (Å²) in [4.78, 5) is 6.72. The van der Waals surface area contributed by atoms with Crippen LogP contribution in [0.1, 0.15) is 5.56 Å². The largest absolute Gasteiger partial charge is 0.336 e. The molecule has 0 saturated carbocycles. The first-order valence-electron chi connectivity index (χ1n) is 7.98. The number of aromatic nitrogens is 2. The third kappa shape index (κ3) is 3.65. The van der Waals surface area contributed by atoms with Gasteiger partial charge in [-0.15, -0.1) is 10.2 Å². The van der Waals surface area contributed by atoms with Crippen molar-refractivity contribution < 1.29 is 0 Å². The highest BCUT2D eigenvalue weighted by Gasteiger charge is 2.19. The van der Waals surface area contributed by atoms with Crippen LogP contribution in [-0.4, -0.2) is 34.1 Å². The number of nitrogens with one attached hydrogen (secondary N) is 1. The molecule has 0 aliphatic carbocycles. The highest BCUT2D eigenvalue weighted by molar-refractivity contribution is 7.18. The van der Waals surface area contributed by atoms with Crippen LogP contribution in [0.3, 0.4) is 0 Å². The molecule has 25 heavy (non-hydrogen) atoms. The first-order chi connectivity index (χ1) is 12.3. The van der Waals surface area contributed by atoms with Crippen molar-refractivity contribution in [1.82, 2.24) is 15.1 Å². The maximum Gasteiger partial charge on any atom is 0.212 e. The van der Waals surface area contributed by atoms with Crippen molar-refractivity contribution in [3.05, 3.63) is 65.2 Å². The second-order valence-electron chi connectivity index (χ2n) is 5.62. The SMILES string of the molecule is Clc1ccccc1CN1CCN=C1Nc1nnc(-c2ccccc2)s1. The number of benzene rings is 2. The van der Waals surface area contributed by atoms with Gasteiger partial charge in [0.25, 0.3) is 0 Å². The van der Waals surface area contributed by atoms with Crippen molar-refractivity contribution in [2.24, 2.45) is 4.99 Å². The number of guanidine groups is 1. The molecule has 2 heterocycles. The zero-order chi connectivity index (χ0) is 17.1. The highest BCUT2D eigenvalue weighted by Crippen LogP contribution is 2.26. The average Bonchev–Trinajstić information content (AvgIpc) is 3.28. The number of hydrogen-bond acceptors (Lipinski definition) is 6. The molecule has 0 fully saturated rings. The summed E-state index contributed by atoms with van der Waals surface area (Å²) in [5.41, 5.74) is 2.15. The van der Waals surface area contributed by atoms with Crippen LogP contribution in [0.15, 0.2) is 59.6 Å². The van der Waals surface area contributed by atoms with Gasteiger partial charge in [0.05, 0.1) is 6.54 Å². The van der Waals surface area contributed by atoms with E-state index in [4.69, 9.17) is 11.6 Å². The molecule has 0 bridgehead atoms. The Kier molecular flexibility index (Phi) is 4.63. The van der Waals surface area contributed by atoms with Crippen molar-refractivity contribution >= 4 is 34.0 Å². The smallest absolute Gasteiger partial charge is 0.212 e. The molecule has 1 aliphatic heterocycles. The van der Waals surface area contributed by atoms with Gasteiger partial charge < -0.3 is 10.2 Å². The molecule has 7 heteroatoms. The van der Waals surface area contributed by atoms with Crippen LogP contribution >= 0.6 is 22.9 Å². The molecular weight excluding hydrogens is 354 g/mol. The fourth-order valence-corrected chi connectivity index (χ4v) is 3.59. The zero-order valence-electron chi connectivity index (χ0n) is 13.4. The fraction of sp³-hybridized carbons (Fsp3) is 0.167. The molecule has 2 aromatic carbocycles. The van der Waals surface area contributed by atoms with Gasteiger partial charge in [0.1, 0.15) is 5.01 Å². The topological polar surface area (TPSA) is 53.4 Å². The Labute approximate surface area is 155 Å². The van der Waals surface area contributed by atoms with E-state index >= 15 is 0 Å². The highest BCUT2D eigenvalue weighted by atomic mass is 35.5. The summed E-state index contributed by atoms with van der Waals surface area (Å²) < 4.78 is 0. The number of halogens is 1. The van der Waals surface area contributed by atoms with Crippen LogP contribution in [0.25, 0.3) is 10.6 Å². The lowest BCUT2D eigenvalue weighted by atomic mass is 10.2. The maximum absolute atomic E-state index is 6.27. The minimum Gasteiger partial charge on any atom is -0.336 e. The van der Waals surface area contributed by atoms with Gasteiger partial charge in [-0.25, -0.2) is 0 Å². The molecule has 0 atom stereocenters. The Balaban J connectivity index is 1.47. The Morgan fingerprint density at radius 2 is 1.84 bits per heavy atom. The van der Waals surface area contributed by atoms with E-state index in [1.165, 1.54) is 11.3 Å². The summed E-state index contributed by atoms with van der Waals surface area (Å²) >= 11 is 7.79. The first-order valence-corrected chi connectivity index (χ1v) is 9.18. The van der Waals surface area contributed by atoms with Gasteiger partial charge in [-0.2, -0.15) is 0 Å². The molecule has 1 aliphatic rings. The predicted octanol–water partition coefficient (Wildman–Crippen LogP) is 4.14. The van der Waals surface area contributed by atoms with Crippen LogP contribution in [-0.2, 0) is 6.54 Å². The van der Waals surface area contributed by atoms with Gasteiger partial charge in [0.2, 0.25) is 11.1 Å². The van der Waals surface area contributed by atoms with Crippen LogP contribution in [0.5, 0.6) is 0 Å². The third-order valence-electron chi connectivity index (χ3n) is 3.91. The molecule has 1 N–H and O–H groups in total. The lowest BCUT2D eigenvalue weighted by molar-refractivity contribution is 0.451. The molecule has 0 amide bonds. The predicted molar refractivity (Wildman–Crippen MR) is 103 cm³/mol. The van der Waals surface area contributed by atoms with Crippen LogP contribution < -0.4 is 5.32 Å². The minimum atomic E-state index is 0.718. The maximum atomic E-state index is 6.27. The Morgan fingerprint density at radius 3 is 2.68 bits per heavy atom. The van der Waals surface area contributed by atoms with Crippen molar-refractivity contribution in [2.45, 2.75) is 6.54 Å². The van der Waals surface area contributed by atoms with Gasteiger partial charge in [-0.05, 0) is 11.6 Å². The van der Waals surface area contributed by atoms with E-state index in [0.717, 1.165) is 51.9 Å². The zero-order valence-corrected chi connectivity index (χ0v) is 15.0. The Hall–Kier alpha value is -2.44. The molecule has 0 radical (unpaired) electrons. The van der Waals surface area contributed by atoms with Crippen LogP contribution in [0.2, 0.25) is 5.02 Å². The molecule has 5 nitrogen and oxygen atoms in total. The third-order valence-corrected chi connectivity index (χ3v) is 5.17. The summed E-state index contributed by atoms with van der Waals surface area (Å²) in [7, 11) is 0. The van der Waals surface area contributed by atoms with Gasteiger partial charge in [0.15, 0.2) is 0 Å². The Bertz CT molecular complexity index is 893. The van der Waals surface area contributed by atoms with E-state index in [-0.39, 0.29) is 0 Å². The van der Waals surface area contributed by atoms with Gasteiger partial charge in [-0.3, -0.25) is 4.99 Å².